The third kappa shape index (κ3) is 3.87. The molecule has 0 spiro atoms. The molecule has 164 valence electrons. The van der Waals surface area contributed by atoms with Crippen molar-refractivity contribution in [1.82, 2.24) is 4.31 Å². The van der Waals surface area contributed by atoms with Gasteiger partial charge in [-0.25, -0.2) is 8.42 Å². The van der Waals surface area contributed by atoms with Gasteiger partial charge in [-0.05, 0) is 66.6 Å². The van der Waals surface area contributed by atoms with Crippen LogP contribution in [0.15, 0.2) is 64.0 Å². The van der Waals surface area contributed by atoms with Crippen LogP contribution < -0.4 is 5.32 Å². The van der Waals surface area contributed by atoms with Crippen LogP contribution >= 0.6 is 15.9 Å². The largest absolute Gasteiger partial charge is 0.378 e. The summed E-state index contributed by atoms with van der Waals surface area (Å²) in [6, 6.07) is 14.5. The van der Waals surface area contributed by atoms with Gasteiger partial charge in [-0.3, -0.25) is 0 Å². The van der Waals surface area contributed by atoms with Gasteiger partial charge in [0.25, 0.3) is 0 Å². The molecule has 3 unspecified atom stereocenters. The summed E-state index contributed by atoms with van der Waals surface area (Å²) < 4.78 is 29.5. The van der Waals surface area contributed by atoms with Crippen LogP contribution in [-0.2, 0) is 10.0 Å². The van der Waals surface area contributed by atoms with Crippen LogP contribution in [0.2, 0.25) is 0 Å². The Bertz CT molecular complexity index is 1090. The highest BCUT2D eigenvalue weighted by molar-refractivity contribution is 9.10. The first kappa shape index (κ1) is 21.2. The van der Waals surface area contributed by atoms with Crippen LogP contribution in [0.25, 0.3) is 0 Å². The molecule has 0 amide bonds. The monoisotopic (exact) mass is 500 g/mol. The van der Waals surface area contributed by atoms with Gasteiger partial charge in [-0.2, -0.15) is 4.31 Å². The molecule has 0 aromatic heterocycles. The minimum atomic E-state index is -3.50. The van der Waals surface area contributed by atoms with E-state index in [1.165, 1.54) is 12.0 Å². The second-order valence-electron chi connectivity index (χ2n) is 9.09. The van der Waals surface area contributed by atoms with Gasteiger partial charge in [0, 0.05) is 29.2 Å². The Morgan fingerprint density at radius 1 is 1.03 bits per heavy atom. The Kier molecular flexibility index (Phi) is 5.74. The van der Waals surface area contributed by atoms with Gasteiger partial charge in [0.05, 0.1) is 10.9 Å². The molecule has 1 aliphatic heterocycles. The van der Waals surface area contributed by atoms with Crippen molar-refractivity contribution in [3.05, 3.63) is 70.2 Å². The van der Waals surface area contributed by atoms with E-state index in [4.69, 9.17) is 0 Å². The van der Waals surface area contributed by atoms with Gasteiger partial charge in [0.2, 0.25) is 10.0 Å². The zero-order valence-corrected chi connectivity index (χ0v) is 20.2. The van der Waals surface area contributed by atoms with Crippen LogP contribution in [-0.4, -0.2) is 25.8 Å². The first-order chi connectivity index (χ1) is 14.9. The van der Waals surface area contributed by atoms with Crippen molar-refractivity contribution < 1.29 is 8.42 Å². The number of hydrogen-bond acceptors (Lipinski definition) is 3. The number of hydrogen-bond donors (Lipinski definition) is 1. The SMILES string of the molecule is CN(C1CCCCC1)S(=O)(=O)c1ccc2c(c1)C1C=CCC1C(c1ccc(Br)cc1)N2. The lowest BCUT2D eigenvalue weighted by Crippen LogP contribution is -2.38. The number of anilines is 1. The van der Waals surface area contributed by atoms with Gasteiger partial charge in [0.1, 0.15) is 0 Å². The zero-order chi connectivity index (χ0) is 21.6. The maximum atomic E-state index is 13.4. The normalized spacial score (nSPS) is 25.8. The standard InChI is InChI=1S/C25H29BrN2O2S/c1-28(19-6-3-2-4-7-19)31(29,30)20-14-15-24-23(16-20)21-8-5-9-22(21)25(27-24)17-10-12-18(26)13-11-17/h5,8,10-16,19,21-22,25,27H,2-4,6-7,9H2,1H3. The average molecular weight is 501 g/mol. The molecule has 2 aromatic rings. The third-order valence-corrected chi connectivity index (χ3v) is 9.76. The first-order valence-corrected chi connectivity index (χ1v) is 13.5. The summed E-state index contributed by atoms with van der Waals surface area (Å²) >= 11 is 3.52. The van der Waals surface area contributed by atoms with Crippen LogP contribution in [0.1, 0.15) is 61.6 Å². The summed E-state index contributed by atoms with van der Waals surface area (Å²) in [5, 5.41) is 3.71. The maximum Gasteiger partial charge on any atom is 0.243 e. The van der Waals surface area contributed by atoms with Gasteiger partial charge < -0.3 is 5.32 Å². The number of halogens is 1. The molecular formula is C25H29BrN2O2S. The second kappa shape index (κ2) is 8.38. The van der Waals surface area contributed by atoms with Crippen LogP contribution in [0.5, 0.6) is 0 Å². The fourth-order valence-electron chi connectivity index (χ4n) is 5.54. The highest BCUT2D eigenvalue weighted by Crippen LogP contribution is 2.50. The van der Waals surface area contributed by atoms with E-state index in [-0.39, 0.29) is 18.0 Å². The minimum absolute atomic E-state index is 0.119. The van der Waals surface area contributed by atoms with Crippen LogP contribution in [0, 0.1) is 5.92 Å². The summed E-state index contributed by atoms with van der Waals surface area (Å²) in [5.74, 6) is 0.628. The quantitative estimate of drug-likeness (QED) is 0.506. The molecule has 0 bridgehead atoms. The molecule has 31 heavy (non-hydrogen) atoms. The molecule has 1 fully saturated rings. The number of nitrogens with one attached hydrogen (secondary N) is 1. The van der Waals surface area contributed by atoms with Gasteiger partial charge in [-0.1, -0.05) is 59.5 Å². The Balaban J connectivity index is 1.47. The smallest absolute Gasteiger partial charge is 0.243 e. The van der Waals surface area contributed by atoms with Crippen molar-refractivity contribution in [2.75, 3.05) is 12.4 Å². The van der Waals surface area contributed by atoms with Crippen molar-refractivity contribution in [3.63, 3.8) is 0 Å². The number of allylic oxidation sites excluding steroid dienone is 2. The predicted octanol–water partition coefficient (Wildman–Crippen LogP) is 6.23. The molecule has 2 aliphatic carbocycles. The number of sulfonamides is 1. The van der Waals surface area contributed by atoms with Crippen LogP contribution in [0.3, 0.4) is 0 Å². The van der Waals surface area contributed by atoms with E-state index < -0.39 is 10.0 Å². The zero-order valence-electron chi connectivity index (χ0n) is 17.8. The molecule has 5 rings (SSSR count). The summed E-state index contributed by atoms with van der Waals surface area (Å²) in [6.45, 7) is 0. The Morgan fingerprint density at radius 2 is 1.77 bits per heavy atom. The van der Waals surface area contributed by atoms with Gasteiger partial charge in [0.15, 0.2) is 0 Å². The van der Waals surface area contributed by atoms with Crippen molar-refractivity contribution in [1.29, 1.82) is 0 Å². The van der Waals surface area contributed by atoms with E-state index >= 15 is 0 Å². The molecule has 4 nitrogen and oxygen atoms in total. The molecule has 6 heteroatoms. The second-order valence-corrected chi connectivity index (χ2v) is 12.0. The van der Waals surface area contributed by atoms with E-state index in [1.807, 2.05) is 12.1 Å². The lowest BCUT2D eigenvalue weighted by molar-refractivity contribution is 0.286. The molecule has 0 radical (unpaired) electrons. The van der Waals surface area contributed by atoms with Crippen molar-refractivity contribution >= 4 is 31.6 Å². The van der Waals surface area contributed by atoms with E-state index in [0.717, 1.165) is 47.8 Å². The highest BCUT2D eigenvalue weighted by atomic mass is 79.9. The van der Waals surface area contributed by atoms with Crippen molar-refractivity contribution in [3.8, 4) is 0 Å². The first-order valence-electron chi connectivity index (χ1n) is 11.3. The maximum absolute atomic E-state index is 13.4. The molecule has 3 aliphatic rings. The molecular weight excluding hydrogens is 472 g/mol. The fourth-order valence-corrected chi connectivity index (χ4v) is 7.26. The van der Waals surface area contributed by atoms with E-state index in [1.54, 1.807) is 17.4 Å². The van der Waals surface area contributed by atoms with Gasteiger partial charge >= 0.3 is 0 Å². The Labute approximate surface area is 193 Å². The molecule has 3 atom stereocenters. The molecule has 1 heterocycles. The van der Waals surface area contributed by atoms with Gasteiger partial charge in [-0.15, -0.1) is 0 Å². The number of rotatable bonds is 4. The van der Waals surface area contributed by atoms with E-state index in [9.17, 15) is 8.42 Å². The Morgan fingerprint density at radius 3 is 2.52 bits per heavy atom. The average Bonchev–Trinajstić information content (AvgIpc) is 3.29. The lowest BCUT2D eigenvalue weighted by Gasteiger charge is -2.38. The predicted molar refractivity (Wildman–Crippen MR) is 129 cm³/mol. The fraction of sp³-hybridized carbons (Fsp3) is 0.440. The lowest BCUT2D eigenvalue weighted by atomic mass is 9.77. The third-order valence-electron chi connectivity index (χ3n) is 7.33. The summed E-state index contributed by atoms with van der Waals surface area (Å²) in [5.41, 5.74) is 3.41. The van der Waals surface area contributed by atoms with Crippen LogP contribution in [0.4, 0.5) is 5.69 Å². The molecule has 1 N–H and O–H groups in total. The van der Waals surface area contributed by atoms with Crippen molar-refractivity contribution in [2.45, 2.75) is 61.4 Å². The number of nitrogens with zero attached hydrogens (tertiary/aromatic N) is 1. The minimum Gasteiger partial charge on any atom is -0.378 e. The molecule has 2 aromatic carbocycles. The summed E-state index contributed by atoms with van der Waals surface area (Å²) in [7, 11) is -1.74. The highest BCUT2D eigenvalue weighted by Gasteiger charge is 2.39. The van der Waals surface area contributed by atoms with E-state index in [2.05, 4.69) is 57.7 Å². The summed E-state index contributed by atoms with van der Waals surface area (Å²) in [4.78, 5) is 0.419. The van der Waals surface area contributed by atoms with Crippen molar-refractivity contribution in [2.24, 2.45) is 5.92 Å². The Hall–Kier alpha value is -1.63. The number of benzene rings is 2. The number of fused-ring (bicyclic) bond motifs is 3. The summed E-state index contributed by atoms with van der Waals surface area (Å²) in [6.07, 6.45) is 10.9. The topological polar surface area (TPSA) is 49.4 Å². The van der Waals surface area contributed by atoms with E-state index in [0.29, 0.717) is 10.8 Å². The molecule has 0 saturated heterocycles. The molecule has 1 saturated carbocycles.